The first-order chi connectivity index (χ1) is 8.17. The van der Waals surface area contributed by atoms with Gasteiger partial charge in [-0.15, -0.1) is 0 Å². The summed E-state index contributed by atoms with van der Waals surface area (Å²) >= 11 is 0. The van der Waals surface area contributed by atoms with Crippen molar-refractivity contribution in [3.05, 3.63) is 41.2 Å². The molecule has 0 unspecified atom stereocenters. The van der Waals surface area contributed by atoms with Crippen molar-refractivity contribution in [1.82, 2.24) is 0 Å². The second-order valence-corrected chi connectivity index (χ2v) is 4.03. The van der Waals surface area contributed by atoms with Gasteiger partial charge in [-0.3, -0.25) is 0 Å². The first kappa shape index (κ1) is 13.4. The van der Waals surface area contributed by atoms with E-state index in [0.29, 0.717) is 5.71 Å². The summed E-state index contributed by atoms with van der Waals surface area (Å²) in [5, 5.41) is 12.2. The lowest BCUT2D eigenvalue weighted by Gasteiger charge is -2.04. The standard InChI is InChI=1S/C14H18FNO/c1-3-4-5-14(16-17)11(2)10-12-6-8-13(15)9-7-12/h6-10,17H,3-5H2,1-2H3. The van der Waals surface area contributed by atoms with Crippen LogP contribution in [0.15, 0.2) is 35.0 Å². The molecule has 0 aliphatic rings. The number of hydrogen-bond donors (Lipinski definition) is 1. The van der Waals surface area contributed by atoms with E-state index in [4.69, 9.17) is 5.21 Å². The molecule has 0 spiro atoms. The zero-order chi connectivity index (χ0) is 12.7. The topological polar surface area (TPSA) is 32.6 Å². The minimum absolute atomic E-state index is 0.248. The number of nitrogens with zero attached hydrogens (tertiary/aromatic N) is 1. The summed E-state index contributed by atoms with van der Waals surface area (Å²) in [6.45, 7) is 3.99. The number of allylic oxidation sites excluding steroid dienone is 1. The van der Waals surface area contributed by atoms with Crippen molar-refractivity contribution in [2.45, 2.75) is 33.1 Å². The average Bonchev–Trinajstić information content (AvgIpc) is 2.33. The van der Waals surface area contributed by atoms with Gasteiger partial charge < -0.3 is 5.21 Å². The van der Waals surface area contributed by atoms with Gasteiger partial charge in [0.1, 0.15) is 5.82 Å². The fourth-order valence-electron chi connectivity index (χ4n) is 1.56. The minimum Gasteiger partial charge on any atom is -0.411 e. The molecule has 0 radical (unpaired) electrons. The van der Waals surface area contributed by atoms with E-state index in [2.05, 4.69) is 12.1 Å². The van der Waals surface area contributed by atoms with Gasteiger partial charge >= 0.3 is 0 Å². The van der Waals surface area contributed by atoms with E-state index in [0.717, 1.165) is 30.4 Å². The normalized spacial score (nSPS) is 12.9. The van der Waals surface area contributed by atoms with Crippen LogP contribution in [0.3, 0.4) is 0 Å². The lowest BCUT2D eigenvalue weighted by Crippen LogP contribution is -2.00. The van der Waals surface area contributed by atoms with E-state index in [-0.39, 0.29) is 5.82 Å². The van der Waals surface area contributed by atoms with Crippen molar-refractivity contribution in [2.75, 3.05) is 0 Å². The molecule has 0 atom stereocenters. The van der Waals surface area contributed by atoms with Gasteiger partial charge in [-0.25, -0.2) is 4.39 Å². The molecule has 0 heterocycles. The third kappa shape index (κ3) is 4.39. The highest BCUT2D eigenvalue weighted by Gasteiger charge is 2.02. The van der Waals surface area contributed by atoms with Crippen molar-refractivity contribution < 1.29 is 9.60 Å². The van der Waals surface area contributed by atoms with Crippen molar-refractivity contribution in [3.8, 4) is 0 Å². The highest BCUT2D eigenvalue weighted by atomic mass is 19.1. The van der Waals surface area contributed by atoms with Gasteiger partial charge in [0, 0.05) is 0 Å². The number of oxime groups is 1. The molecule has 1 aromatic rings. The Bertz CT molecular complexity index is 407. The molecule has 0 bridgehead atoms. The second kappa shape index (κ2) is 6.84. The van der Waals surface area contributed by atoms with E-state index < -0.39 is 0 Å². The maximum Gasteiger partial charge on any atom is 0.123 e. The Morgan fingerprint density at radius 3 is 2.53 bits per heavy atom. The maximum atomic E-state index is 12.7. The van der Waals surface area contributed by atoms with Gasteiger partial charge in [0.2, 0.25) is 0 Å². The minimum atomic E-state index is -0.248. The lowest BCUT2D eigenvalue weighted by molar-refractivity contribution is 0.317. The van der Waals surface area contributed by atoms with Gasteiger partial charge in [-0.1, -0.05) is 36.7 Å². The SMILES string of the molecule is CCCCC(=NO)C(C)=Cc1ccc(F)cc1. The van der Waals surface area contributed by atoms with E-state index in [1.54, 1.807) is 12.1 Å². The molecule has 1 rings (SSSR count). The van der Waals surface area contributed by atoms with Crippen LogP contribution >= 0.6 is 0 Å². The summed E-state index contributed by atoms with van der Waals surface area (Å²) in [6, 6.07) is 6.24. The van der Waals surface area contributed by atoms with Crippen LogP contribution in [0, 0.1) is 5.82 Å². The maximum absolute atomic E-state index is 12.7. The number of hydrogen-bond acceptors (Lipinski definition) is 2. The largest absolute Gasteiger partial charge is 0.411 e. The molecule has 0 amide bonds. The molecule has 17 heavy (non-hydrogen) atoms. The molecule has 0 fully saturated rings. The predicted octanol–water partition coefficient (Wildman–Crippen LogP) is 4.25. The number of rotatable bonds is 5. The van der Waals surface area contributed by atoms with Crippen LogP contribution in [0.5, 0.6) is 0 Å². The third-order valence-electron chi connectivity index (χ3n) is 2.60. The molecule has 0 aromatic heterocycles. The highest BCUT2D eigenvalue weighted by molar-refractivity contribution is 6.02. The zero-order valence-electron chi connectivity index (χ0n) is 10.3. The summed E-state index contributed by atoms with van der Waals surface area (Å²) < 4.78 is 12.7. The molecule has 0 saturated heterocycles. The highest BCUT2D eigenvalue weighted by Crippen LogP contribution is 2.12. The van der Waals surface area contributed by atoms with E-state index >= 15 is 0 Å². The fraction of sp³-hybridized carbons (Fsp3) is 0.357. The molecule has 3 heteroatoms. The van der Waals surface area contributed by atoms with Crippen LogP contribution in [0.4, 0.5) is 4.39 Å². The molecule has 92 valence electrons. The quantitative estimate of drug-likeness (QED) is 0.462. The molecular formula is C14H18FNO. The van der Waals surface area contributed by atoms with Crippen LogP contribution < -0.4 is 0 Å². The average molecular weight is 235 g/mol. The molecule has 1 aromatic carbocycles. The van der Waals surface area contributed by atoms with Gasteiger partial charge in [0.15, 0.2) is 0 Å². The van der Waals surface area contributed by atoms with Gasteiger partial charge in [0.05, 0.1) is 5.71 Å². The zero-order valence-corrected chi connectivity index (χ0v) is 10.3. The van der Waals surface area contributed by atoms with Crippen LogP contribution in [0.1, 0.15) is 38.7 Å². The Morgan fingerprint density at radius 1 is 1.35 bits per heavy atom. The first-order valence-electron chi connectivity index (χ1n) is 5.82. The van der Waals surface area contributed by atoms with Crippen molar-refractivity contribution in [3.63, 3.8) is 0 Å². The van der Waals surface area contributed by atoms with Gasteiger partial charge in [0.25, 0.3) is 0 Å². The lowest BCUT2D eigenvalue weighted by atomic mass is 10.0. The Balaban J connectivity index is 2.79. The summed E-state index contributed by atoms with van der Waals surface area (Å²) in [6.07, 6.45) is 4.71. The Kier molecular flexibility index (Phi) is 5.40. The summed E-state index contributed by atoms with van der Waals surface area (Å²) in [4.78, 5) is 0. The molecule has 0 aliphatic heterocycles. The van der Waals surface area contributed by atoms with Crippen LogP contribution in [0.2, 0.25) is 0 Å². The van der Waals surface area contributed by atoms with E-state index in [9.17, 15) is 4.39 Å². The van der Waals surface area contributed by atoms with Crippen LogP contribution in [0.25, 0.3) is 6.08 Å². The second-order valence-electron chi connectivity index (χ2n) is 4.03. The predicted molar refractivity (Wildman–Crippen MR) is 68.8 cm³/mol. The van der Waals surface area contributed by atoms with Crippen molar-refractivity contribution in [1.29, 1.82) is 0 Å². The monoisotopic (exact) mass is 235 g/mol. The van der Waals surface area contributed by atoms with Crippen LogP contribution in [-0.4, -0.2) is 10.9 Å². The van der Waals surface area contributed by atoms with E-state index in [1.807, 2.05) is 13.0 Å². The number of unbranched alkanes of at least 4 members (excludes halogenated alkanes) is 1. The molecular weight excluding hydrogens is 217 g/mol. The van der Waals surface area contributed by atoms with Crippen LogP contribution in [-0.2, 0) is 0 Å². The summed E-state index contributed by atoms with van der Waals surface area (Å²) in [5.74, 6) is -0.248. The van der Waals surface area contributed by atoms with Crippen molar-refractivity contribution >= 4 is 11.8 Å². The summed E-state index contributed by atoms with van der Waals surface area (Å²) in [5.41, 5.74) is 2.50. The van der Waals surface area contributed by atoms with Gasteiger partial charge in [-0.2, -0.15) is 0 Å². The van der Waals surface area contributed by atoms with E-state index in [1.165, 1.54) is 12.1 Å². The number of benzene rings is 1. The number of halogens is 1. The Hall–Kier alpha value is -1.64. The molecule has 2 nitrogen and oxygen atoms in total. The molecule has 0 aliphatic carbocycles. The first-order valence-corrected chi connectivity index (χ1v) is 5.82. The van der Waals surface area contributed by atoms with Gasteiger partial charge in [-0.05, 0) is 43.0 Å². The smallest absolute Gasteiger partial charge is 0.123 e. The third-order valence-corrected chi connectivity index (χ3v) is 2.60. The van der Waals surface area contributed by atoms with Crippen molar-refractivity contribution in [2.24, 2.45) is 5.16 Å². The molecule has 1 N–H and O–H groups in total. The fourth-order valence-corrected chi connectivity index (χ4v) is 1.56. The molecule has 0 saturated carbocycles. The Labute approximate surface area is 101 Å². The Morgan fingerprint density at radius 2 is 2.00 bits per heavy atom. The summed E-state index contributed by atoms with van der Waals surface area (Å²) in [7, 11) is 0.